The molecule has 3 aliphatic rings. The van der Waals surface area contributed by atoms with Crippen LogP contribution in [0.15, 0.2) is 84.5 Å². The van der Waals surface area contributed by atoms with Crippen LogP contribution in [0, 0.1) is 11.8 Å². The van der Waals surface area contributed by atoms with E-state index in [0.717, 1.165) is 62.8 Å². The van der Waals surface area contributed by atoms with Crippen LogP contribution in [0.2, 0.25) is 0 Å². The lowest BCUT2D eigenvalue weighted by Gasteiger charge is -2.39. The second-order valence-corrected chi connectivity index (χ2v) is 23.8. The van der Waals surface area contributed by atoms with Gasteiger partial charge in [-0.25, -0.2) is 9.59 Å². The van der Waals surface area contributed by atoms with Crippen molar-refractivity contribution in [2.75, 3.05) is 68.6 Å². The van der Waals surface area contributed by atoms with E-state index in [1.165, 1.54) is 13.0 Å². The maximum absolute atomic E-state index is 13.6. The predicted molar refractivity (Wildman–Crippen MR) is 339 cm³/mol. The van der Waals surface area contributed by atoms with E-state index in [4.69, 9.17) is 38.9 Å². The summed E-state index contributed by atoms with van der Waals surface area (Å²) in [4.78, 5) is 99.1. The number of alkyl halides is 1. The van der Waals surface area contributed by atoms with Crippen LogP contribution >= 0.6 is 15.9 Å². The van der Waals surface area contributed by atoms with Gasteiger partial charge < -0.3 is 76.1 Å². The Kier molecular flexibility index (Phi) is 31.8. The molecule has 8 amide bonds. The molecule has 3 saturated heterocycles. The first kappa shape index (κ1) is 73.0. The average Bonchev–Trinajstić information content (AvgIpc) is 1.73. The number of halogens is 1. The van der Waals surface area contributed by atoms with E-state index in [1.54, 1.807) is 51.1 Å². The van der Waals surface area contributed by atoms with Crippen molar-refractivity contribution in [1.82, 2.24) is 31.9 Å². The van der Waals surface area contributed by atoms with Gasteiger partial charge in [0.1, 0.15) is 24.8 Å². The number of allylic oxidation sites excluding steroid dienone is 2. The zero-order valence-corrected chi connectivity index (χ0v) is 54.1. The third-order valence-corrected chi connectivity index (χ3v) is 15.7. The smallest absolute Gasteiger partial charge is 0.411 e. The standard InChI is InChI=1S/C64H94BrN9O15/c1-41(2)59(74-57(77)26-30-83-32-33-84-31-29-68-58(78)37-65)61(80)73-53(11-9-28-69-62(66)81)60(79)70-49-21-17-48(18-22-49)39-85-63(82)71-50-19-15-47(16-20-50)38-67-27-8-10-51-35-64(40-86-64)36-52(89-51)23-12-42(3)13-24-55-43(4)34-54(45(6)88-55)72-56(76)25-14-44(5)87-46(7)75/h12-23,25,41,43-45,51-55,59,67H,8-11,24,26-40H2,1-7H3,(H,68,78)(H,70,79)(H,71,82)(H,72,76)(H,73,80)(H,74,77)(H3,66,69,81)/b23-12+,25-14-,42-13+/t43-,44-,45+,51+,52+,53+,54+,55-,59+,64-/m0/s1. The number of anilines is 2. The van der Waals surface area contributed by atoms with Crippen LogP contribution in [0.5, 0.6) is 0 Å². The van der Waals surface area contributed by atoms with Crippen LogP contribution in [0.25, 0.3) is 0 Å². The van der Waals surface area contributed by atoms with Crippen LogP contribution in [-0.2, 0) is 75.1 Å². The first-order chi connectivity index (χ1) is 42.6. The zero-order chi connectivity index (χ0) is 64.7. The molecular weight excluding hydrogens is 1210 g/mol. The van der Waals surface area contributed by atoms with E-state index >= 15 is 0 Å². The van der Waals surface area contributed by atoms with E-state index in [0.29, 0.717) is 43.1 Å². The molecule has 0 unspecified atom stereocenters. The van der Waals surface area contributed by atoms with Crippen LogP contribution in [0.4, 0.5) is 21.0 Å². The molecular formula is C64H94BrN9O15. The number of benzene rings is 2. The lowest BCUT2D eigenvalue weighted by Crippen LogP contribution is -2.54. The number of esters is 1. The number of carbonyl (C=O) groups is 8. The van der Waals surface area contributed by atoms with Crippen molar-refractivity contribution >= 4 is 74.9 Å². The van der Waals surface area contributed by atoms with Gasteiger partial charge in [0.05, 0.1) is 74.4 Å². The van der Waals surface area contributed by atoms with Crippen molar-refractivity contribution in [2.24, 2.45) is 17.6 Å². The van der Waals surface area contributed by atoms with Crippen molar-refractivity contribution in [2.45, 2.75) is 174 Å². The summed E-state index contributed by atoms with van der Waals surface area (Å²) < 4.78 is 40.3. The summed E-state index contributed by atoms with van der Waals surface area (Å²) in [7, 11) is 0. The highest BCUT2D eigenvalue weighted by molar-refractivity contribution is 9.09. The van der Waals surface area contributed by atoms with E-state index < -0.39 is 54.0 Å². The van der Waals surface area contributed by atoms with Crippen molar-refractivity contribution in [3.05, 3.63) is 95.6 Å². The summed E-state index contributed by atoms with van der Waals surface area (Å²) in [6.45, 7) is 16.4. The second-order valence-electron chi connectivity index (χ2n) is 23.2. The molecule has 10 N–H and O–H groups in total. The molecule has 492 valence electrons. The number of hydrogen-bond acceptors (Lipinski definition) is 16. The van der Waals surface area contributed by atoms with Gasteiger partial charge in [-0.05, 0) is 119 Å². The van der Waals surface area contributed by atoms with Crippen LogP contribution in [0.3, 0.4) is 0 Å². The Hall–Kier alpha value is -6.74. The van der Waals surface area contributed by atoms with Crippen LogP contribution in [-0.4, -0.2) is 160 Å². The van der Waals surface area contributed by atoms with Crippen molar-refractivity contribution < 1.29 is 71.5 Å². The molecule has 3 fully saturated rings. The Labute approximate surface area is 531 Å². The van der Waals surface area contributed by atoms with Gasteiger partial charge in [-0.15, -0.1) is 0 Å². The van der Waals surface area contributed by atoms with Crippen molar-refractivity contribution in [3.63, 3.8) is 0 Å². The summed E-state index contributed by atoms with van der Waals surface area (Å²) in [6, 6.07) is 11.3. The number of nitrogens with two attached hydrogens (primary N) is 1. The molecule has 2 aromatic carbocycles. The molecule has 0 aliphatic carbocycles. The molecule has 0 bridgehead atoms. The lowest BCUT2D eigenvalue weighted by atomic mass is 9.88. The van der Waals surface area contributed by atoms with Gasteiger partial charge in [0, 0.05) is 63.3 Å². The molecule has 89 heavy (non-hydrogen) atoms. The topological polar surface area (TPSA) is 327 Å². The van der Waals surface area contributed by atoms with E-state index in [-0.39, 0.29) is 111 Å². The number of hydrogen-bond donors (Lipinski definition) is 9. The van der Waals surface area contributed by atoms with Gasteiger partial charge in [-0.3, -0.25) is 34.1 Å². The molecule has 24 nitrogen and oxygen atoms in total. The zero-order valence-electron chi connectivity index (χ0n) is 52.5. The number of epoxide rings is 1. The molecule has 25 heteroatoms. The Morgan fingerprint density at radius 1 is 0.787 bits per heavy atom. The highest BCUT2D eigenvalue weighted by Gasteiger charge is 2.51. The largest absolute Gasteiger partial charge is 0.459 e. The summed E-state index contributed by atoms with van der Waals surface area (Å²) >= 11 is 3.07. The van der Waals surface area contributed by atoms with Crippen molar-refractivity contribution in [3.8, 4) is 0 Å². The van der Waals surface area contributed by atoms with Gasteiger partial charge in [-0.2, -0.15) is 0 Å². The Morgan fingerprint density at radius 2 is 1.48 bits per heavy atom. The Balaban J connectivity index is 0.973. The summed E-state index contributed by atoms with van der Waals surface area (Å²) in [5.41, 5.74) is 8.94. The van der Waals surface area contributed by atoms with Gasteiger partial charge in [-0.1, -0.05) is 84.8 Å². The highest BCUT2D eigenvalue weighted by atomic mass is 79.9. The SMILES string of the molecule is CC(=O)O[C@@H](C)/C=C\C(=O)N[C@@H]1C[C@H](C)[C@H](C/C=C(C)/C=C/[C@@H]2C[C@]3(CO3)C[C@@H](CCCNCc3ccc(NC(=O)OCc4ccc(NC(=O)[C@@H](CCCNC(N)=O)NC(=O)[C@H](NC(=O)CCOCCOCCNC(=O)CBr)C(C)C)cc4)cc3)O2)O[C@@H]1C. The number of primary amides is 1. The third-order valence-electron chi connectivity index (χ3n) is 15.2. The summed E-state index contributed by atoms with van der Waals surface area (Å²) in [5, 5.41) is 23.0. The molecule has 0 aromatic heterocycles. The fourth-order valence-corrected chi connectivity index (χ4v) is 10.4. The highest BCUT2D eigenvalue weighted by Crippen LogP contribution is 2.43. The number of ether oxygens (including phenoxy) is 7. The monoisotopic (exact) mass is 1310 g/mol. The lowest BCUT2D eigenvalue weighted by molar-refractivity contribution is -0.143. The molecule has 5 rings (SSSR count). The minimum Gasteiger partial charge on any atom is -0.459 e. The van der Waals surface area contributed by atoms with Gasteiger partial charge >= 0.3 is 18.1 Å². The molecule has 2 aromatic rings. The van der Waals surface area contributed by atoms with E-state index in [2.05, 4.69) is 90.5 Å². The number of rotatable bonds is 37. The van der Waals surface area contributed by atoms with Gasteiger partial charge in [0.15, 0.2) is 0 Å². The summed E-state index contributed by atoms with van der Waals surface area (Å²) in [6.07, 6.45) is 13.8. The van der Waals surface area contributed by atoms with E-state index in [1.807, 2.05) is 31.2 Å². The molecule has 1 spiro atoms. The maximum Gasteiger partial charge on any atom is 0.411 e. The molecule has 3 heterocycles. The molecule has 0 saturated carbocycles. The third kappa shape index (κ3) is 28.7. The Bertz CT molecular complexity index is 2690. The molecule has 3 aliphatic heterocycles. The fourth-order valence-electron chi connectivity index (χ4n) is 10.2. The number of amides is 8. The summed E-state index contributed by atoms with van der Waals surface area (Å²) in [5.74, 6) is -2.40. The van der Waals surface area contributed by atoms with Crippen molar-refractivity contribution in [1.29, 1.82) is 0 Å². The van der Waals surface area contributed by atoms with Gasteiger partial charge in [0.2, 0.25) is 29.5 Å². The minimum atomic E-state index is -1.04. The average molecular weight is 1310 g/mol. The number of nitrogens with one attached hydrogen (secondary N) is 8. The first-order valence-electron chi connectivity index (χ1n) is 30.8. The number of carbonyl (C=O) groups excluding carboxylic acids is 8. The maximum atomic E-state index is 13.6. The Morgan fingerprint density at radius 3 is 2.16 bits per heavy atom. The van der Waals surface area contributed by atoms with Gasteiger partial charge in [0.25, 0.3) is 0 Å². The molecule has 10 atom stereocenters. The second kappa shape index (κ2) is 38.7. The first-order valence-corrected chi connectivity index (χ1v) is 31.9. The predicted octanol–water partition coefficient (Wildman–Crippen LogP) is 6.27. The van der Waals surface area contributed by atoms with Crippen LogP contribution < -0.4 is 48.3 Å². The molecule has 0 radical (unpaired) electrons. The normalized spacial score (nSPS) is 21.7. The quantitative estimate of drug-likeness (QED) is 0.00899. The van der Waals surface area contributed by atoms with Crippen LogP contribution in [0.1, 0.15) is 117 Å². The fraction of sp³-hybridized carbons (Fsp3) is 0.594. The van der Waals surface area contributed by atoms with E-state index in [9.17, 15) is 38.4 Å². The number of urea groups is 1. The minimum absolute atomic E-state index is 0.0186.